The maximum absolute atomic E-state index is 12.9. The lowest BCUT2D eigenvalue weighted by Crippen LogP contribution is -2.32. The standard InChI is InChI=1S/C23H24ClFO3/c24-19-11-18(23(22(26)27)9-1-2-10-23)12-20(28-14-16-3-4-16)21(19)17-7-5-15(13-25)6-8-17/h5-8,11-12,16H,1-4,9-10,13-14H2,(H,26,27). The molecule has 0 saturated heterocycles. The molecule has 0 heterocycles. The van der Waals surface area contributed by atoms with Gasteiger partial charge in [0.25, 0.3) is 0 Å². The number of hydrogen-bond donors (Lipinski definition) is 1. The highest BCUT2D eigenvalue weighted by atomic mass is 35.5. The summed E-state index contributed by atoms with van der Waals surface area (Å²) in [5.74, 6) is 0.383. The number of benzene rings is 2. The summed E-state index contributed by atoms with van der Waals surface area (Å²) in [5, 5.41) is 10.4. The van der Waals surface area contributed by atoms with E-state index >= 15 is 0 Å². The molecule has 0 radical (unpaired) electrons. The summed E-state index contributed by atoms with van der Waals surface area (Å²) in [6.45, 7) is 0.0918. The van der Waals surface area contributed by atoms with Crippen molar-refractivity contribution in [3.05, 3.63) is 52.5 Å². The minimum absolute atomic E-state index is 0.476. The molecule has 28 heavy (non-hydrogen) atoms. The van der Waals surface area contributed by atoms with Crippen molar-refractivity contribution in [2.75, 3.05) is 6.61 Å². The van der Waals surface area contributed by atoms with Gasteiger partial charge in [-0.05, 0) is 60.4 Å². The molecule has 148 valence electrons. The average molecular weight is 403 g/mol. The Balaban J connectivity index is 1.79. The van der Waals surface area contributed by atoms with Crippen LogP contribution < -0.4 is 4.74 Å². The number of halogens is 2. The van der Waals surface area contributed by atoms with Gasteiger partial charge in [-0.25, -0.2) is 4.39 Å². The van der Waals surface area contributed by atoms with Crippen LogP contribution >= 0.6 is 11.6 Å². The molecule has 5 heteroatoms. The van der Waals surface area contributed by atoms with E-state index in [1.165, 1.54) is 0 Å². The van der Waals surface area contributed by atoms with Crippen LogP contribution in [0, 0.1) is 5.92 Å². The van der Waals surface area contributed by atoms with Gasteiger partial charge >= 0.3 is 5.97 Å². The van der Waals surface area contributed by atoms with Crippen LogP contribution in [0.5, 0.6) is 5.75 Å². The molecule has 2 aliphatic carbocycles. The first-order valence-corrected chi connectivity index (χ1v) is 10.3. The number of carbonyl (C=O) groups is 1. The van der Waals surface area contributed by atoms with E-state index < -0.39 is 18.1 Å². The highest BCUT2D eigenvalue weighted by Gasteiger charge is 2.43. The number of hydrogen-bond acceptors (Lipinski definition) is 2. The summed E-state index contributed by atoms with van der Waals surface area (Å²) in [7, 11) is 0. The zero-order valence-corrected chi connectivity index (χ0v) is 16.5. The van der Waals surface area contributed by atoms with Gasteiger partial charge in [0.05, 0.1) is 17.0 Å². The Labute approximate surface area is 169 Å². The van der Waals surface area contributed by atoms with Crippen LogP contribution in [-0.4, -0.2) is 17.7 Å². The fraction of sp³-hybridized carbons (Fsp3) is 0.435. The number of ether oxygens (including phenoxy) is 1. The Morgan fingerprint density at radius 3 is 2.43 bits per heavy atom. The Bertz CT molecular complexity index is 868. The lowest BCUT2D eigenvalue weighted by molar-refractivity contribution is -0.143. The molecule has 0 bridgehead atoms. The van der Waals surface area contributed by atoms with Gasteiger partial charge in [0.15, 0.2) is 0 Å². The number of alkyl halides is 1. The van der Waals surface area contributed by atoms with Crippen molar-refractivity contribution in [3.8, 4) is 16.9 Å². The predicted octanol–water partition coefficient (Wildman–Crippen LogP) is 6.16. The minimum atomic E-state index is -0.891. The van der Waals surface area contributed by atoms with Crippen molar-refractivity contribution in [3.63, 3.8) is 0 Å². The molecule has 2 aliphatic rings. The molecule has 2 aromatic carbocycles. The van der Waals surface area contributed by atoms with Gasteiger partial charge in [-0.1, -0.05) is 48.7 Å². The van der Waals surface area contributed by atoms with E-state index in [-0.39, 0.29) is 0 Å². The summed E-state index contributed by atoms with van der Waals surface area (Å²) < 4.78 is 19.0. The lowest BCUT2D eigenvalue weighted by Gasteiger charge is -2.26. The number of aliphatic carboxylic acids is 1. The fourth-order valence-electron chi connectivity index (χ4n) is 4.11. The summed E-state index contributed by atoms with van der Waals surface area (Å²) in [5.41, 5.74) is 2.02. The predicted molar refractivity (Wildman–Crippen MR) is 108 cm³/mol. The van der Waals surface area contributed by atoms with Crippen LogP contribution in [0.4, 0.5) is 4.39 Å². The third-order valence-corrected chi connectivity index (χ3v) is 6.34. The van der Waals surface area contributed by atoms with Gasteiger partial charge in [0.2, 0.25) is 0 Å². The molecule has 0 aromatic heterocycles. The summed E-state index contributed by atoms with van der Waals surface area (Å²) in [6.07, 6.45) is 5.35. The smallest absolute Gasteiger partial charge is 0.314 e. The van der Waals surface area contributed by atoms with Crippen LogP contribution in [0.15, 0.2) is 36.4 Å². The van der Waals surface area contributed by atoms with Crippen molar-refractivity contribution >= 4 is 17.6 Å². The van der Waals surface area contributed by atoms with Crippen LogP contribution in [0.1, 0.15) is 49.7 Å². The third kappa shape index (κ3) is 3.62. The van der Waals surface area contributed by atoms with Gasteiger partial charge in [-0.2, -0.15) is 0 Å². The average Bonchev–Trinajstić information content (AvgIpc) is 3.39. The molecule has 3 nitrogen and oxygen atoms in total. The molecule has 2 aromatic rings. The van der Waals surface area contributed by atoms with Gasteiger partial charge in [-0.3, -0.25) is 4.79 Å². The summed E-state index contributed by atoms with van der Waals surface area (Å²) >= 11 is 6.67. The van der Waals surface area contributed by atoms with E-state index in [9.17, 15) is 14.3 Å². The Morgan fingerprint density at radius 1 is 1.18 bits per heavy atom. The van der Waals surface area contributed by atoms with Gasteiger partial charge < -0.3 is 9.84 Å². The molecule has 2 saturated carbocycles. The molecule has 4 rings (SSSR count). The van der Waals surface area contributed by atoms with Crippen molar-refractivity contribution in [2.24, 2.45) is 5.92 Å². The maximum Gasteiger partial charge on any atom is 0.314 e. The Hall–Kier alpha value is -2.07. The minimum Gasteiger partial charge on any atom is -0.493 e. The summed E-state index contributed by atoms with van der Waals surface area (Å²) in [6, 6.07) is 10.8. The SMILES string of the molecule is O=C(O)C1(c2cc(Cl)c(-c3ccc(CF)cc3)c(OCC3CC3)c2)CCCC1. The summed E-state index contributed by atoms with van der Waals surface area (Å²) in [4.78, 5) is 12.1. The molecule has 0 amide bonds. The van der Waals surface area contributed by atoms with Crippen molar-refractivity contribution in [1.29, 1.82) is 0 Å². The van der Waals surface area contributed by atoms with Crippen LogP contribution in [0.3, 0.4) is 0 Å². The van der Waals surface area contributed by atoms with E-state index in [4.69, 9.17) is 16.3 Å². The van der Waals surface area contributed by atoms with Gasteiger partial charge in [0, 0.05) is 5.56 Å². The van der Waals surface area contributed by atoms with E-state index in [1.54, 1.807) is 18.2 Å². The number of carboxylic acids is 1. The molecule has 0 aliphatic heterocycles. The van der Waals surface area contributed by atoms with Crippen LogP contribution in [0.2, 0.25) is 5.02 Å². The van der Waals surface area contributed by atoms with Crippen molar-refractivity contribution in [1.82, 2.24) is 0 Å². The topological polar surface area (TPSA) is 46.5 Å². The second kappa shape index (κ2) is 7.75. The molecule has 2 fully saturated rings. The number of rotatable bonds is 7. The third-order valence-electron chi connectivity index (χ3n) is 6.04. The Kier molecular flexibility index (Phi) is 5.33. The van der Waals surface area contributed by atoms with Gasteiger partial charge in [-0.15, -0.1) is 0 Å². The molecule has 0 spiro atoms. The van der Waals surface area contributed by atoms with Gasteiger partial charge in [0.1, 0.15) is 12.4 Å². The molecule has 0 unspecified atom stereocenters. The lowest BCUT2D eigenvalue weighted by atomic mass is 9.78. The highest BCUT2D eigenvalue weighted by molar-refractivity contribution is 6.33. The van der Waals surface area contributed by atoms with Crippen molar-refractivity contribution < 1.29 is 19.0 Å². The molecular weight excluding hydrogens is 379 g/mol. The highest BCUT2D eigenvalue weighted by Crippen LogP contribution is 2.47. The second-order valence-corrected chi connectivity index (χ2v) is 8.42. The quantitative estimate of drug-likeness (QED) is 0.603. The molecule has 1 N–H and O–H groups in total. The zero-order valence-electron chi connectivity index (χ0n) is 15.7. The maximum atomic E-state index is 12.9. The zero-order chi connectivity index (χ0) is 19.7. The second-order valence-electron chi connectivity index (χ2n) is 8.01. The van der Waals surface area contributed by atoms with Crippen LogP contribution in [-0.2, 0) is 16.9 Å². The molecular formula is C23H24ClFO3. The molecule has 0 atom stereocenters. The normalized spacial score (nSPS) is 18.2. The van der Waals surface area contributed by atoms with E-state index in [0.717, 1.165) is 42.4 Å². The number of carboxylic acid groups (broad SMARTS) is 1. The van der Waals surface area contributed by atoms with Crippen LogP contribution in [0.25, 0.3) is 11.1 Å². The van der Waals surface area contributed by atoms with E-state index in [0.29, 0.717) is 41.7 Å². The van der Waals surface area contributed by atoms with E-state index in [2.05, 4.69) is 0 Å². The van der Waals surface area contributed by atoms with E-state index in [1.807, 2.05) is 18.2 Å². The first kappa shape index (κ1) is 19.3. The first-order chi connectivity index (χ1) is 13.5. The Morgan fingerprint density at radius 2 is 1.86 bits per heavy atom. The largest absolute Gasteiger partial charge is 0.493 e. The fourth-order valence-corrected chi connectivity index (χ4v) is 4.43. The first-order valence-electron chi connectivity index (χ1n) is 9.89. The monoisotopic (exact) mass is 402 g/mol. The van der Waals surface area contributed by atoms with Crippen molar-refractivity contribution in [2.45, 2.75) is 50.6 Å².